The van der Waals surface area contributed by atoms with Crippen LogP contribution in [0.1, 0.15) is 79.6 Å². The summed E-state index contributed by atoms with van der Waals surface area (Å²) in [6, 6.07) is 0.392. The first-order valence-electron chi connectivity index (χ1n) is 10.3. The predicted octanol–water partition coefficient (Wildman–Crippen LogP) is 2.76. The van der Waals surface area contributed by atoms with Crippen molar-refractivity contribution < 1.29 is 14.3 Å². The van der Waals surface area contributed by atoms with Gasteiger partial charge in [0.15, 0.2) is 0 Å². The standard InChI is InChI=1S/C20H41N3O3/c1-6-19(24)22-13-11-18(23-16(2)3)15-20(25)21-12-9-7-8-10-14-26-17(4)5/h16-18,23H,6-15H2,1-5H3,(H,21,25)(H,22,24). The number of ether oxygens (including phenoxy) is 1. The van der Waals surface area contributed by atoms with E-state index in [2.05, 4.69) is 43.6 Å². The Morgan fingerprint density at radius 2 is 1.54 bits per heavy atom. The van der Waals surface area contributed by atoms with Crippen LogP contribution in [-0.4, -0.2) is 49.7 Å². The van der Waals surface area contributed by atoms with Gasteiger partial charge in [0.2, 0.25) is 11.8 Å². The molecule has 0 bridgehead atoms. The van der Waals surface area contributed by atoms with Crippen molar-refractivity contribution >= 4 is 11.8 Å². The molecule has 0 saturated carbocycles. The molecule has 26 heavy (non-hydrogen) atoms. The summed E-state index contributed by atoms with van der Waals surface area (Å²) >= 11 is 0. The fourth-order valence-electron chi connectivity index (χ4n) is 2.65. The molecule has 0 radical (unpaired) electrons. The van der Waals surface area contributed by atoms with Crippen molar-refractivity contribution in [3.8, 4) is 0 Å². The van der Waals surface area contributed by atoms with E-state index in [-0.39, 0.29) is 17.9 Å². The second-order valence-electron chi connectivity index (χ2n) is 7.40. The molecular formula is C20H41N3O3. The number of carbonyl (C=O) groups excluding carboxylic acids is 2. The number of unbranched alkanes of at least 4 members (excludes halogenated alkanes) is 3. The molecule has 0 spiro atoms. The van der Waals surface area contributed by atoms with Crippen molar-refractivity contribution in [3.05, 3.63) is 0 Å². The van der Waals surface area contributed by atoms with E-state index in [0.29, 0.717) is 31.5 Å². The normalized spacial score (nSPS) is 12.4. The zero-order valence-corrected chi connectivity index (χ0v) is 17.5. The van der Waals surface area contributed by atoms with Crippen LogP contribution < -0.4 is 16.0 Å². The third-order valence-corrected chi connectivity index (χ3v) is 3.98. The highest BCUT2D eigenvalue weighted by Crippen LogP contribution is 2.03. The van der Waals surface area contributed by atoms with Crippen LogP contribution in [0.3, 0.4) is 0 Å². The number of carbonyl (C=O) groups is 2. The smallest absolute Gasteiger partial charge is 0.221 e. The minimum Gasteiger partial charge on any atom is -0.379 e. The summed E-state index contributed by atoms with van der Waals surface area (Å²) in [6.45, 7) is 12.2. The summed E-state index contributed by atoms with van der Waals surface area (Å²) in [5.41, 5.74) is 0. The number of amides is 2. The quantitative estimate of drug-likeness (QED) is 0.365. The molecular weight excluding hydrogens is 330 g/mol. The van der Waals surface area contributed by atoms with Gasteiger partial charge in [-0.25, -0.2) is 0 Å². The molecule has 0 aromatic carbocycles. The van der Waals surface area contributed by atoms with Crippen molar-refractivity contribution in [2.75, 3.05) is 19.7 Å². The van der Waals surface area contributed by atoms with E-state index in [4.69, 9.17) is 4.74 Å². The van der Waals surface area contributed by atoms with Gasteiger partial charge < -0.3 is 20.7 Å². The summed E-state index contributed by atoms with van der Waals surface area (Å²) in [7, 11) is 0. The fourth-order valence-corrected chi connectivity index (χ4v) is 2.65. The minimum atomic E-state index is 0.0524. The molecule has 6 nitrogen and oxygen atoms in total. The third kappa shape index (κ3) is 16.3. The minimum absolute atomic E-state index is 0.0524. The average Bonchev–Trinajstić information content (AvgIpc) is 2.56. The zero-order chi connectivity index (χ0) is 19.8. The van der Waals surface area contributed by atoms with E-state index in [1.54, 1.807) is 0 Å². The van der Waals surface area contributed by atoms with Crippen molar-refractivity contribution in [2.45, 2.75) is 97.8 Å². The van der Waals surface area contributed by atoms with E-state index in [0.717, 1.165) is 45.3 Å². The summed E-state index contributed by atoms with van der Waals surface area (Å²) < 4.78 is 5.51. The lowest BCUT2D eigenvalue weighted by Gasteiger charge is -2.21. The maximum Gasteiger partial charge on any atom is 0.221 e. The summed E-state index contributed by atoms with van der Waals surface area (Å²) in [5, 5.41) is 9.29. The first kappa shape index (κ1) is 24.9. The average molecular weight is 372 g/mol. The molecule has 154 valence electrons. The van der Waals surface area contributed by atoms with E-state index in [9.17, 15) is 9.59 Å². The van der Waals surface area contributed by atoms with Gasteiger partial charge in [-0.15, -0.1) is 0 Å². The number of hydrogen-bond acceptors (Lipinski definition) is 4. The Morgan fingerprint density at radius 1 is 0.885 bits per heavy atom. The van der Waals surface area contributed by atoms with Gasteiger partial charge in [-0.2, -0.15) is 0 Å². The van der Waals surface area contributed by atoms with E-state index in [1.807, 2.05) is 6.92 Å². The topological polar surface area (TPSA) is 79.5 Å². The lowest BCUT2D eigenvalue weighted by atomic mass is 10.1. The van der Waals surface area contributed by atoms with Crippen LogP contribution in [0.2, 0.25) is 0 Å². The highest BCUT2D eigenvalue weighted by molar-refractivity contribution is 5.76. The van der Waals surface area contributed by atoms with Gasteiger partial charge in [0.25, 0.3) is 0 Å². The Labute approximate surface area is 160 Å². The lowest BCUT2D eigenvalue weighted by molar-refractivity contribution is -0.121. The van der Waals surface area contributed by atoms with Crippen molar-refractivity contribution in [2.24, 2.45) is 0 Å². The van der Waals surface area contributed by atoms with Crippen LogP contribution in [-0.2, 0) is 14.3 Å². The molecule has 0 aliphatic heterocycles. The van der Waals surface area contributed by atoms with Gasteiger partial charge in [-0.3, -0.25) is 9.59 Å². The van der Waals surface area contributed by atoms with Gasteiger partial charge in [-0.05, 0) is 33.1 Å². The van der Waals surface area contributed by atoms with Gasteiger partial charge in [-0.1, -0.05) is 33.6 Å². The molecule has 6 heteroatoms. The maximum atomic E-state index is 12.1. The van der Waals surface area contributed by atoms with Gasteiger partial charge in [0.1, 0.15) is 0 Å². The number of rotatable bonds is 16. The highest BCUT2D eigenvalue weighted by Gasteiger charge is 2.14. The summed E-state index contributed by atoms with van der Waals surface area (Å²) in [6.07, 6.45) is 6.33. The molecule has 2 amide bonds. The van der Waals surface area contributed by atoms with E-state index >= 15 is 0 Å². The Kier molecular flexibility index (Phi) is 15.4. The van der Waals surface area contributed by atoms with Gasteiger partial charge in [0, 0.05) is 44.6 Å². The van der Waals surface area contributed by atoms with Crippen LogP contribution in [0.15, 0.2) is 0 Å². The maximum absolute atomic E-state index is 12.1. The van der Waals surface area contributed by atoms with Gasteiger partial charge in [0.05, 0.1) is 6.10 Å². The number of hydrogen-bond donors (Lipinski definition) is 3. The summed E-state index contributed by atoms with van der Waals surface area (Å²) in [5.74, 6) is 0.129. The Hall–Kier alpha value is -1.14. The number of nitrogens with one attached hydrogen (secondary N) is 3. The molecule has 0 aromatic rings. The highest BCUT2D eigenvalue weighted by atomic mass is 16.5. The van der Waals surface area contributed by atoms with Crippen molar-refractivity contribution in [1.82, 2.24) is 16.0 Å². The molecule has 0 aromatic heterocycles. The summed E-state index contributed by atoms with van der Waals surface area (Å²) in [4.78, 5) is 23.5. The second kappa shape index (κ2) is 16.1. The first-order valence-corrected chi connectivity index (χ1v) is 10.3. The Balaban J connectivity index is 3.85. The molecule has 0 rings (SSSR count). The molecule has 3 N–H and O–H groups in total. The monoisotopic (exact) mass is 371 g/mol. The van der Waals surface area contributed by atoms with Crippen LogP contribution in [0, 0.1) is 0 Å². The fraction of sp³-hybridized carbons (Fsp3) is 0.900. The van der Waals surface area contributed by atoms with Crippen LogP contribution in [0.5, 0.6) is 0 Å². The predicted molar refractivity (Wildman–Crippen MR) is 107 cm³/mol. The molecule has 0 aliphatic carbocycles. The molecule has 1 unspecified atom stereocenters. The first-order chi connectivity index (χ1) is 12.3. The second-order valence-corrected chi connectivity index (χ2v) is 7.40. The SMILES string of the molecule is CCC(=O)NCCC(CC(=O)NCCCCCCOC(C)C)NC(C)C. The van der Waals surface area contributed by atoms with Crippen LogP contribution in [0.4, 0.5) is 0 Å². The molecule has 0 heterocycles. The van der Waals surface area contributed by atoms with Crippen LogP contribution in [0.25, 0.3) is 0 Å². The van der Waals surface area contributed by atoms with E-state index in [1.165, 1.54) is 0 Å². The Bertz CT molecular complexity index is 373. The lowest BCUT2D eigenvalue weighted by Crippen LogP contribution is -2.41. The largest absolute Gasteiger partial charge is 0.379 e. The van der Waals surface area contributed by atoms with Crippen LogP contribution >= 0.6 is 0 Å². The zero-order valence-electron chi connectivity index (χ0n) is 17.5. The molecule has 0 fully saturated rings. The third-order valence-electron chi connectivity index (χ3n) is 3.98. The molecule has 1 atom stereocenters. The van der Waals surface area contributed by atoms with E-state index < -0.39 is 0 Å². The van der Waals surface area contributed by atoms with Crippen molar-refractivity contribution in [1.29, 1.82) is 0 Å². The molecule has 0 aliphatic rings. The van der Waals surface area contributed by atoms with Gasteiger partial charge >= 0.3 is 0 Å². The Morgan fingerprint density at radius 3 is 2.15 bits per heavy atom. The molecule has 0 saturated heterocycles. The van der Waals surface area contributed by atoms with Crippen molar-refractivity contribution in [3.63, 3.8) is 0 Å².